The summed E-state index contributed by atoms with van der Waals surface area (Å²) in [4.78, 5) is 24.3. The molecule has 0 radical (unpaired) electrons. The van der Waals surface area contributed by atoms with Gasteiger partial charge in [-0.25, -0.2) is 9.40 Å². The number of hydrogen-bond acceptors (Lipinski definition) is 3. The first-order valence-electron chi connectivity index (χ1n) is 7.16. The second kappa shape index (κ2) is 6.72. The topological polar surface area (TPSA) is 61.4 Å². The van der Waals surface area contributed by atoms with Gasteiger partial charge in [-0.3, -0.25) is 15.0 Å². The summed E-state index contributed by atoms with van der Waals surface area (Å²) in [5.41, 5.74) is 3.53. The molecule has 0 unspecified atom stereocenters. The molecule has 0 saturated carbocycles. The third-order valence-electron chi connectivity index (χ3n) is 3.40. The van der Waals surface area contributed by atoms with Crippen molar-refractivity contribution in [2.24, 2.45) is 0 Å². The van der Waals surface area contributed by atoms with Crippen LogP contribution >= 0.6 is 11.6 Å². The molecule has 1 heterocycles. The smallest absolute Gasteiger partial charge is 0.273 e. The van der Waals surface area contributed by atoms with Crippen molar-refractivity contribution >= 4 is 34.8 Å². The lowest BCUT2D eigenvalue weighted by Crippen LogP contribution is -2.47. The van der Waals surface area contributed by atoms with Gasteiger partial charge in [0.1, 0.15) is 11.5 Å². The molecule has 0 saturated heterocycles. The van der Waals surface area contributed by atoms with Gasteiger partial charge < -0.3 is 5.32 Å². The molecule has 122 valence electrons. The van der Waals surface area contributed by atoms with Crippen molar-refractivity contribution in [3.63, 3.8) is 0 Å². The second-order valence-electron chi connectivity index (χ2n) is 5.08. The summed E-state index contributed by atoms with van der Waals surface area (Å²) in [5, 5.41) is 3.97. The Morgan fingerprint density at radius 1 is 1.21 bits per heavy atom. The Labute approximate surface area is 142 Å². The number of rotatable bonds is 3. The Kier molecular flexibility index (Phi) is 4.48. The van der Waals surface area contributed by atoms with Crippen molar-refractivity contribution in [2.75, 3.05) is 10.3 Å². The van der Waals surface area contributed by atoms with Gasteiger partial charge in [-0.1, -0.05) is 29.8 Å². The molecular weight excluding hydrogens is 333 g/mol. The molecule has 0 fully saturated rings. The van der Waals surface area contributed by atoms with E-state index in [-0.39, 0.29) is 28.7 Å². The first kappa shape index (κ1) is 16.0. The molecular formula is C17H13ClFN3O2. The van der Waals surface area contributed by atoms with Crippen LogP contribution in [-0.4, -0.2) is 11.8 Å². The van der Waals surface area contributed by atoms with Gasteiger partial charge in [0.25, 0.3) is 5.91 Å². The molecule has 2 aromatic rings. The van der Waals surface area contributed by atoms with Crippen LogP contribution in [0.3, 0.4) is 0 Å². The SMILES string of the molecule is O=C(Nc1ccc(Cl)cc1F)C1=CCC(=O)N(c2ccccc2)N1. The third kappa shape index (κ3) is 3.38. The van der Waals surface area contributed by atoms with E-state index in [1.165, 1.54) is 23.2 Å². The van der Waals surface area contributed by atoms with E-state index < -0.39 is 11.7 Å². The standard InChI is InChI=1S/C17H13ClFN3O2/c18-11-6-7-14(13(19)10-11)20-17(24)15-8-9-16(23)22(21-15)12-4-2-1-3-5-12/h1-8,10,21H,9H2,(H,20,24). The third-order valence-corrected chi connectivity index (χ3v) is 3.64. The molecule has 1 aliphatic heterocycles. The lowest BCUT2D eigenvalue weighted by molar-refractivity contribution is -0.119. The molecule has 2 aromatic carbocycles. The number of hydrazine groups is 1. The lowest BCUT2D eigenvalue weighted by Gasteiger charge is -2.28. The van der Waals surface area contributed by atoms with Gasteiger partial charge in [0, 0.05) is 11.4 Å². The molecule has 0 spiro atoms. The first-order valence-corrected chi connectivity index (χ1v) is 7.53. The van der Waals surface area contributed by atoms with Crippen LogP contribution in [0.4, 0.5) is 15.8 Å². The van der Waals surface area contributed by atoms with Gasteiger partial charge in [0.2, 0.25) is 5.91 Å². The van der Waals surface area contributed by atoms with Gasteiger partial charge in [-0.05, 0) is 36.4 Å². The summed E-state index contributed by atoms with van der Waals surface area (Å²) in [7, 11) is 0. The summed E-state index contributed by atoms with van der Waals surface area (Å²) in [5.74, 6) is -1.39. The van der Waals surface area contributed by atoms with Gasteiger partial charge in [-0.2, -0.15) is 0 Å². The van der Waals surface area contributed by atoms with Gasteiger partial charge >= 0.3 is 0 Å². The maximum atomic E-state index is 13.8. The van der Waals surface area contributed by atoms with Crippen molar-refractivity contribution in [3.05, 3.63) is 71.1 Å². The van der Waals surface area contributed by atoms with Crippen LogP contribution in [-0.2, 0) is 9.59 Å². The number of nitrogens with zero attached hydrogens (tertiary/aromatic N) is 1. The highest BCUT2D eigenvalue weighted by atomic mass is 35.5. The van der Waals surface area contributed by atoms with E-state index in [0.717, 1.165) is 6.07 Å². The van der Waals surface area contributed by atoms with Gasteiger partial charge in [0.05, 0.1) is 11.4 Å². The van der Waals surface area contributed by atoms with Crippen LogP contribution in [0.15, 0.2) is 60.3 Å². The quantitative estimate of drug-likeness (QED) is 0.897. The highest BCUT2D eigenvalue weighted by Gasteiger charge is 2.24. The fourth-order valence-electron chi connectivity index (χ4n) is 2.22. The Hall–Kier alpha value is -2.86. The van der Waals surface area contributed by atoms with Crippen LogP contribution in [0.1, 0.15) is 6.42 Å². The lowest BCUT2D eigenvalue weighted by atomic mass is 10.2. The minimum absolute atomic E-state index is 0.00950. The Morgan fingerprint density at radius 3 is 2.67 bits per heavy atom. The number of anilines is 2. The molecule has 7 heteroatoms. The van der Waals surface area contributed by atoms with Crippen LogP contribution in [0.5, 0.6) is 0 Å². The summed E-state index contributed by atoms with van der Waals surface area (Å²) in [6.07, 6.45) is 1.53. The van der Waals surface area contributed by atoms with Gasteiger partial charge in [0.15, 0.2) is 0 Å². The molecule has 0 aliphatic carbocycles. The Bertz CT molecular complexity index is 824. The van der Waals surface area contributed by atoms with E-state index >= 15 is 0 Å². The van der Waals surface area contributed by atoms with Gasteiger partial charge in [-0.15, -0.1) is 0 Å². The van der Waals surface area contributed by atoms with Crippen molar-refractivity contribution in [3.8, 4) is 0 Å². The average molecular weight is 346 g/mol. The van der Waals surface area contributed by atoms with Crippen LogP contribution in [0.2, 0.25) is 5.02 Å². The normalized spacial score (nSPS) is 14.0. The van der Waals surface area contributed by atoms with Crippen LogP contribution in [0.25, 0.3) is 0 Å². The molecule has 24 heavy (non-hydrogen) atoms. The molecule has 5 nitrogen and oxygen atoms in total. The zero-order chi connectivity index (χ0) is 17.1. The number of amides is 2. The number of hydrogen-bond donors (Lipinski definition) is 2. The molecule has 1 aliphatic rings. The van der Waals surface area contributed by atoms with Crippen molar-refractivity contribution in [1.29, 1.82) is 0 Å². The summed E-state index contributed by atoms with van der Waals surface area (Å²) < 4.78 is 13.8. The van der Waals surface area contributed by atoms with E-state index in [1.54, 1.807) is 24.3 Å². The largest absolute Gasteiger partial charge is 0.318 e. The highest BCUT2D eigenvalue weighted by molar-refractivity contribution is 6.30. The van der Waals surface area contributed by atoms with Crippen LogP contribution < -0.4 is 15.8 Å². The highest BCUT2D eigenvalue weighted by Crippen LogP contribution is 2.21. The predicted octanol–water partition coefficient (Wildman–Crippen LogP) is 3.24. The minimum atomic E-state index is -0.636. The minimum Gasteiger partial charge on any atom is -0.318 e. The number of benzene rings is 2. The zero-order valence-electron chi connectivity index (χ0n) is 12.4. The monoisotopic (exact) mass is 345 g/mol. The fourth-order valence-corrected chi connectivity index (χ4v) is 2.38. The van der Waals surface area contributed by atoms with Crippen molar-refractivity contribution < 1.29 is 14.0 Å². The first-order chi connectivity index (χ1) is 11.5. The molecule has 2 amide bonds. The maximum Gasteiger partial charge on any atom is 0.273 e. The summed E-state index contributed by atoms with van der Waals surface area (Å²) in [6.45, 7) is 0. The fraction of sp³-hybridized carbons (Fsp3) is 0.0588. The maximum absolute atomic E-state index is 13.8. The summed E-state index contributed by atoms with van der Waals surface area (Å²) >= 11 is 5.68. The van der Waals surface area contributed by atoms with Crippen molar-refractivity contribution in [1.82, 2.24) is 5.43 Å². The van der Waals surface area contributed by atoms with Crippen LogP contribution in [0, 0.1) is 5.82 Å². The predicted molar refractivity (Wildman–Crippen MR) is 89.8 cm³/mol. The summed E-state index contributed by atoms with van der Waals surface area (Å²) in [6, 6.07) is 12.8. The second-order valence-corrected chi connectivity index (χ2v) is 5.51. The number of halogens is 2. The number of carbonyl (C=O) groups is 2. The molecule has 3 rings (SSSR count). The Morgan fingerprint density at radius 2 is 1.96 bits per heavy atom. The molecule has 2 N–H and O–H groups in total. The number of para-hydroxylation sites is 1. The number of nitrogens with one attached hydrogen (secondary N) is 2. The van der Waals surface area contributed by atoms with Crippen molar-refractivity contribution in [2.45, 2.75) is 6.42 Å². The Balaban J connectivity index is 1.77. The molecule has 0 bridgehead atoms. The van der Waals surface area contributed by atoms with E-state index in [2.05, 4.69) is 10.7 Å². The molecule has 0 atom stereocenters. The molecule has 0 aromatic heterocycles. The van der Waals surface area contributed by atoms with E-state index in [9.17, 15) is 14.0 Å². The van der Waals surface area contributed by atoms with E-state index in [1.807, 2.05) is 6.07 Å². The zero-order valence-corrected chi connectivity index (χ0v) is 13.2. The average Bonchev–Trinajstić information content (AvgIpc) is 2.58. The van der Waals surface area contributed by atoms with E-state index in [0.29, 0.717) is 5.69 Å². The number of carbonyl (C=O) groups excluding carboxylic acids is 2. The van der Waals surface area contributed by atoms with E-state index in [4.69, 9.17) is 11.6 Å².